The minimum absolute atomic E-state index is 0.138. The molecule has 1 aromatic carbocycles. The van der Waals surface area contributed by atoms with E-state index in [0.29, 0.717) is 11.2 Å². The molecule has 4 aliphatic rings. The lowest BCUT2D eigenvalue weighted by atomic mass is 9.48. The van der Waals surface area contributed by atoms with Crippen molar-refractivity contribution in [3.05, 3.63) is 36.4 Å². The van der Waals surface area contributed by atoms with Gasteiger partial charge in [-0.2, -0.15) is 5.10 Å². The van der Waals surface area contributed by atoms with Crippen LogP contribution in [-0.4, -0.2) is 21.9 Å². The van der Waals surface area contributed by atoms with Gasteiger partial charge in [0.25, 0.3) is 0 Å². The van der Waals surface area contributed by atoms with E-state index < -0.39 is 0 Å². The van der Waals surface area contributed by atoms with Gasteiger partial charge in [0.05, 0.1) is 5.69 Å². The predicted molar refractivity (Wildman–Crippen MR) is 111 cm³/mol. The summed E-state index contributed by atoms with van der Waals surface area (Å²) < 4.78 is 1.81. The van der Waals surface area contributed by atoms with Gasteiger partial charge in [-0.15, -0.1) is 0 Å². The van der Waals surface area contributed by atoms with Crippen molar-refractivity contribution in [3.8, 4) is 11.3 Å². The van der Waals surface area contributed by atoms with Crippen LogP contribution in [-0.2, 0) is 7.05 Å². The molecular formula is C23H30N4O. The minimum Gasteiger partial charge on any atom is -0.335 e. The summed E-state index contributed by atoms with van der Waals surface area (Å²) in [6.07, 6.45) is 8.16. The van der Waals surface area contributed by atoms with Crippen molar-refractivity contribution in [1.82, 2.24) is 15.1 Å². The van der Waals surface area contributed by atoms with E-state index in [0.717, 1.165) is 29.0 Å². The molecule has 5 nitrogen and oxygen atoms in total. The molecule has 1 atom stereocenters. The van der Waals surface area contributed by atoms with Crippen LogP contribution in [0.15, 0.2) is 36.4 Å². The van der Waals surface area contributed by atoms with Gasteiger partial charge < -0.3 is 5.32 Å². The zero-order valence-electron chi connectivity index (χ0n) is 16.8. The summed E-state index contributed by atoms with van der Waals surface area (Å²) in [6, 6.07) is 12.1. The van der Waals surface area contributed by atoms with E-state index in [1.165, 1.54) is 38.5 Å². The Labute approximate surface area is 166 Å². The number of amides is 2. The SMILES string of the molecule is CC(NC(=O)Nc1cc(-c2ccccc2)n(C)n1)C12CC3CC(CC(C3)C1)C2. The maximum absolute atomic E-state index is 12.7. The number of nitrogens with zero attached hydrogens (tertiary/aromatic N) is 2. The predicted octanol–water partition coefficient (Wildman–Crippen LogP) is 4.81. The van der Waals surface area contributed by atoms with Crippen LogP contribution in [0.2, 0.25) is 0 Å². The summed E-state index contributed by atoms with van der Waals surface area (Å²) in [7, 11) is 1.91. The number of carbonyl (C=O) groups excluding carboxylic acids is 1. The van der Waals surface area contributed by atoms with Crippen molar-refractivity contribution < 1.29 is 4.79 Å². The van der Waals surface area contributed by atoms with E-state index in [2.05, 4.69) is 34.8 Å². The average Bonchev–Trinajstić information content (AvgIpc) is 3.01. The highest BCUT2D eigenvalue weighted by Crippen LogP contribution is 2.61. The van der Waals surface area contributed by atoms with E-state index in [4.69, 9.17) is 0 Å². The van der Waals surface area contributed by atoms with Gasteiger partial charge in [0.2, 0.25) is 0 Å². The molecule has 1 aromatic heterocycles. The molecule has 28 heavy (non-hydrogen) atoms. The van der Waals surface area contributed by atoms with Crippen molar-refractivity contribution in [1.29, 1.82) is 0 Å². The molecule has 1 heterocycles. The third-order valence-corrected chi connectivity index (χ3v) is 7.54. The molecule has 0 radical (unpaired) electrons. The van der Waals surface area contributed by atoms with Gasteiger partial charge in [0.1, 0.15) is 0 Å². The fourth-order valence-corrected chi connectivity index (χ4v) is 6.62. The Balaban J connectivity index is 1.26. The second-order valence-electron chi connectivity index (χ2n) is 9.50. The van der Waals surface area contributed by atoms with Crippen LogP contribution in [0, 0.1) is 23.2 Å². The van der Waals surface area contributed by atoms with E-state index >= 15 is 0 Å². The Hall–Kier alpha value is -2.30. The van der Waals surface area contributed by atoms with Gasteiger partial charge in [-0.05, 0) is 74.2 Å². The van der Waals surface area contributed by atoms with Gasteiger partial charge >= 0.3 is 6.03 Å². The first-order valence-corrected chi connectivity index (χ1v) is 10.7. The van der Waals surface area contributed by atoms with Crippen LogP contribution in [0.3, 0.4) is 0 Å². The van der Waals surface area contributed by atoms with Gasteiger partial charge in [0, 0.05) is 19.2 Å². The molecule has 4 fully saturated rings. The molecule has 4 saturated carbocycles. The van der Waals surface area contributed by atoms with Crippen LogP contribution < -0.4 is 10.6 Å². The number of rotatable bonds is 4. The van der Waals surface area contributed by atoms with Crippen LogP contribution in [0.4, 0.5) is 10.6 Å². The van der Waals surface area contributed by atoms with Gasteiger partial charge in [0.15, 0.2) is 5.82 Å². The van der Waals surface area contributed by atoms with Gasteiger partial charge in [-0.1, -0.05) is 30.3 Å². The highest BCUT2D eigenvalue weighted by Gasteiger charge is 2.53. The van der Waals surface area contributed by atoms with E-state index in [-0.39, 0.29) is 12.1 Å². The van der Waals surface area contributed by atoms with Crippen molar-refractivity contribution in [2.45, 2.75) is 51.5 Å². The lowest BCUT2D eigenvalue weighted by molar-refractivity contribution is -0.0680. The number of anilines is 1. The normalized spacial score (nSPS) is 31.6. The third-order valence-electron chi connectivity index (χ3n) is 7.54. The molecule has 2 N–H and O–H groups in total. The van der Waals surface area contributed by atoms with Crippen LogP contribution in [0.5, 0.6) is 0 Å². The van der Waals surface area contributed by atoms with E-state index in [9.17, 15) is 4.79 Å². The second-order valence-corrected chi connectivity index (χ2v) is 9.50. The molecular weight excluding hydrogens is 348 g/mol. The molecule has 0 aliphatic heterocycles. The summed E-state index contributed by atoms with van der Waals surface area (Å²) in [4.78, 5) is 12.7. The number of hydrogen-bond acceptors (Lipinski definition) is 2. The van der Waals surface area contributed by atoms with Crippen LogP contribution in [0.25, 0.3) is 11.3 Å². The number of urea groups is 1. The third kappa shape index (κ3) is 3.11. The Kier molecular flexibility index (Phi) is 4.22. The summed E-state index contributed by atoms with van der Waals surface area (Å²) in [6.45, 7) is 2.21. The number of aromatic nitrogens is 2. The van der Waals surface area contributed by atoms with Gasteiger partial charge in [-0.3, -0.25) is 10.00 Å². The fourth-order valence-electron chi connectivity index (χ4n) is 6.62. The minimum atomic E-state index is -0.138. The Morgan fingerprint density at radius 1 is 1.11 bits per heavy atom. The molecule has 2 aromatic rings. The smallest absolute Gasteiger partial charge is 0.320 e. The lowest BCUT2D eigenvalue weighted by Crippen LogP contribution is -2.56. The Morgan fingerprint density at radius 2 is 1.71 bits per heavy atom. The number of hydrogen-bond donors (Lipinski definition) is 2. The molecule has 5 heteroatoms. The molecule has 2 amide bonds. The molecule has 4 aliphatic carbocycles. The number of nitrogens with one attached hydrogen (secondary N) is 2. The monoisotopic (exact) mass is 378 g/mol. The largest absolute Gasteiger partial charge is 0.335 e. The topological polar surface area (TPSA) is 59.0 Å². The Bertz CT molecular complexity index is 837. The van der Waals surface area contributed by atoms with Crippen molar-refractivity contribution in [2.24, 2.45) is 30.2 Å². The zero-order valence-corrected chi connectivity index (χ0v) is 16.8. The number of benzene rings is 1. The first-order valence-electron chi connectivity index (χ1n) is 10.7. The molecule has 0 saturated heterocycles. The van der Waals surface area contributed by atoms with E-state index in [1.807, 2.05) is 36.0 Å². The molecule has 6 rings (SSSR count). The maximum Gasteiger partial charge on any atom is 0.320 e. The highest BCUT2D eigenvalue weighted by molar-refractivity contribution is 5.89. The van der Waals surface area contributed by atoms with Crippen LogP contribution >= 0.6 is 0 Å². The summed E-state index contributed by atoms with van der Waals surface area (Å²) in [5.41, 5.74) is 2.39. The Morgan fingerprint density at radius 3 is 2.32 bits per heavy atom. The van der Waals surface area contributed by atoms with Crippen LogP contribution in [0.1, 0.15) is 45.4 Å². The van der Waals surface area contributed by atoms with Crippen molar-refractivity contribution >= 4 is 11.8 Å². The average molecular weight is 379 g/mol. The maximum atomic E-state index is 12.7. The first-order chi connectivity index (χ1) is 13.5. The zero-order chi connectivity index (χ0) is 19.3. The molecule has 1 unspecified atom stereocenters. The summed E-state index contributed by atoms with van der Waals surface area (Å²) >= 11 is 0. The van der Waals surface area contributed by atoms with Crippen molar-refractivity contribution in [3.63, 3.8) is 0 Å². The second kappa shape index (κ2) is 6.64. The highest BCUT2D eigenvalue weighted by atomic mass is 16.2. The molecule has 148 valence electrons. The van der Waals surface area contributed by atoms with E-state index in [1.54, 1.807) is 0 Å². The molecule has 4 bridgehead atoms. The fraction of sp³-hybridized carbons (Fsp3) is 0.565. The lowest BCUT2D eigenvalue weighted by Gasteiger charge is -2.59. The quantitative estimate of drug-likeness (QED) is 0.802. The number of aryl methyl sites for hydroxylation is 1. The summed E-state index contributed by atoms with van der Waals surface area (Å²) in [5, 5.41) is 10.7. The summed E-state index contributed by atoms with van der Waals surface area (Å²) in [5.74, 6) is 3.27. The molecule has 0 spiro atoms. The van der Waals surface area contributed by atoms with Crippen molar-refractivity contribution in [2.75, 3.05) is 5.32 Å². The standard InChI is InChI=1S/C23H30N4O/c1-15(23-12-16-8-17(13-23)10-18(9-16)14-23)24-22(28)25-21-11-20(27(2)26-21)19-6-4-3-5-7-19/h3-7,11,15-18H,8-10,12-14H2,1-2H3,(H2,24,25,26,28). The first kappa shape index (κ1) is 17.8. The van der Waals surface area contributed by atoms with Gasteiger partial charge in [-0.25, -0.2) is 4.79 Å². The number of carbonyl (C=O) groups is 1.